The molecule has 0 fully saturated rings. The summed E-state index contributed by atoms with van der Waals surface area (Å²) in [7, 11) is 0. The molecule has 21 heavy (non-hydrogen) atoms. The molecule has 8 nitrogen and oxygen atoms in total. The summed E-state index contributed by atoms with van der Waals surface area (Å²) in [5.41, 5.74) is 1.50. The lowest BCUT2D eigenvalue weighted by molar-refractivity contribution is -0.384. The minimum atomic E-state index is -0.752. The highest BCUT2D eigenvalue weighted by Gasteiger charge is 2.24. The average molecular weight is 291 g/mol. The molecule has 0 saturated carbocycles. The molecular formula is C12H10FN5O3. The van der Waals surface area contributed by atoms with Gasteiger partial charge in [0.1, 0.15) is 22.9 Å². The molecule has 0 spiro atoms. The van der Waals surface area contributed by atoms with Crippen LogP contribution in [0.5, 0.6) is 0 Å². The number of carbonyl (C=O) groups excluding carboxylic acids is 1. The second kappa shape index (κ2) is 5.92. The Hall–Kier alpha value is -3.07. The van der Waals surface area contributed by atoms with Gasteiger partial charge >= 0.3 is 5.69 Å². The maximum absolute atomic E-state index is 12.7. The van der Waals surface area contributed by atoms with E-state index >= 15 is 0 Å². The van der Waals surface area contributed by atoms with Crippen molar-refractivity contribution in [2.45, 2.75) is 0 Å². The van der Waals surface area contributed by atoms with Gasteiger partial charge in [0.2, 0.25) is 0 Å². The highest BCUT2D eigenvalue weighted by Crippen LogP contribution is 2.28. The van der Waals surface area contributed by atoms with E-state index in [1.54, 1.807) is 0 Å². The van der Waals surface area contributed by atoms with Gasteiger partial charge in [-0.3, -0.25) is 20.8 Å². The van der Waals surface area contributed by atoms with Crippen molar-refractivity contribution in [3.05, 3.63) is 58.0 Å². The largest absolute Gasteiger partial charge is 0.318 e. The maximum atomic E-state index is 12.7. The van der Waals surface area contributed by atoms with Crippen LogP contribution in [0.1, 0.15) is 10.4 Å². The summed E-state index contributed by atoms with van der Waals surface area (Å²) >= 11 is 0. The van der Waals surface area contributed by atoms with Crippen LogP contribution in [-0.2, 0) is 0 Å². The summed E-state index contributed by atoms with van der Waals surface area (Å²) in [4.78, 5) is 26.1. The Kier molecular flexibility index (Phi) is 4.05. The second-order valence-electron chi connectivity index (χ2n) is 3.92. The molecule has 0 atom stereocenters. The number of nitro benzene ring substituents is 1. The number of hydrogen-bond donors (Lipinski definition) is 3. The molecule has 0 bridgehead atoms. The molecular weight excluding hydrogens is 281 g/mol. The molecule has 0 unspecified atom stereocenters. The summed E-state index contributed by atoms with van der Waals surface area (Å²) in [5, 5.41) is 13.4. The van der Waals surface area contributed by atoms with Crippen LogP contribution in [0.4, 0.5) is 21.6 Å². The molecule has 2 aromatic rings. The number of amides is 1. The number of hydrogen-bond acceptors (Lipinski definition) is 6. The van der Waals surface area contributed by atoms with Crippen molar-refractivity contribution in [3.63, 3.8) is 0 Å². The Morgan fingerprint density at radius 2 is 2.10 bits per heavy atom. The first kappa shape index (κ1) is 14.3. The van der Waals surface area contributed by atoms with Gasteiger partial charge in [0, 0.05) is 0 Å². The van der Waals surface area contributed by atoms with Crippen LogP contribution in [0.25, 0.3) is 0 Å². The molecule has 2 rings (SSSR count). The number of para-hydroxylation sites is 1. The number of rotatable bonds is 4. The summed E-state index contributed by atoms with van der Waals surface area (Å²) < 4.78 is 12.7. The molecule has 0 saturated heterocycles. The summed E-state index contributed by atoms with van der Waals surface area (Å²) in [6.07, 6.45) is 0.919. The van der Waals surface area contributed by atoms with E-state index in [0.29, 0.717) is 0 Å². The molecule has 0 aliphatic heterocycles. The Bertz CT molecular complexity index is 690. The van der Waals surface area contributed by atoms with Crippen molar-refractivity contribution in [1.29, 1.82) is 0 Å². The Balaban J connectivity index is 2.35. The number of anilines is 2. The van der Waals surface area contributed by atoms with Crippen LogP contribution in [0.2, 0.25) is 0 Å². The first-order chi connectivity index (χ1) is 10.0. The topological polar surface area (TPSA) is 123 Å². The predicted molar refractivity (Wildman–Crippen MR) is 73.1 cm³/mol. The number of carbonyl (C=O) groups is 1. The van der Waals surface area contributed by atoms with Crippen molar-refractivity contribution < 1.29 is 14.1 Å². The normalized spacial score (nSPS) is 10.0. The number of nitrogens with two attached hydrogens (primary N) is 1. The number of hydrazine groups is 1. The fourth-order valence-corrected chi connectivity index (χ4v) is 1.67. The van der Waals surface area contributed by atoms with Crippen LogP contribution >= 0.6 is 0 Å². The number of pyridine rings is 1. The van der Waals surface area contributed by atoms with E-state index in [1.165, 1.54) is 24.3 Å². The summed E-state index contributed by atoms with van der Waals surface area (Å²) in [6, 6.07) is 6.43. The van der Waals surface area contributed by atoms with E-state index in [-0.39, 0.29) is 17.1 Å². The van der Waals surface area contributed by atoms with Gasteiger partial charge in [-0.2, -0.15) is 0 Å². The van der Waals surface area contributed by atoms with Crippen molar-refractivity contribution in [2.75, 3.05) is 10.7 Å². The molecule has 1 aromatic carbocycles. The number of nitrogens with zero attached hydrogens (tertiary/aromatic N) is 2. The molecule has 0 aliphatic carbocycles. The van der Waals surface area contributed by atoms with Crippen LogP contribution < -0.4 is 16.6 Å². The van der Waals surface area contributed by atoms with Gasteiger partial charge in [-0.05, 0) is 24.3 Å². The van der Waals surface area contributed by atoms with E-state index < -0.39 is 22.3 Å². The quantitative estimate of drug-likeness (QED) is 0.447. The van der Waals surface area contributed by atoms with Gasteiger partial charge in [-0.1, -0.05) is 6.07 Å². The lowest BCUT2D eigenvalue weighted by Gasteiger charge is -2.07. The molecule has 0 radical (unpaired) electrons. The van der Waals surface area contributed by atoms with Crippen molar-refractivity contribution >= 4 is 23.1 Å². The molecule has 108 valence electrons. The van der Waals surface area contributed by atoms with Crippen LogP contribution in [0, 0.1) is 15.9 Å². The lowest BCUT2D eigenvalue weighted by atomic mass is 10.1. The number of halogens is 1. The third-order valence-corrected chi connectivity index (χ3v) is 2.59. The van der Waals surface area contributed by atoms with Crippen LogP contribution in [-0.4, -0.2) is 15.8 Å². The molecule has 9 heteroatoms. The number of nitro groups is 1. The highest BCUT2D eigenvalue weighted by molar-refractivity contribution is 6.08. The van der Waals surface area contributed by atoms with Gasteiger partial charge in [-0.15, -0.1) is 0 Å². The van der Waals surface area contributed by atoms with Crippen LogP contribution in [0.3, 0.4) is 0 Å². The number of benzene rings is 1. The summed E-state index contributed by atoms with van der Waals surface area (Å²) in [6.45, 7) is 0. The Labute approximate surface area is 117 Å². The van der Waals surface area contributed by atoms with Gasteiger partial charge in [0.05, 0.1) is 11.1 Å². The fraction of sp³-hybridized carbons (Fsp3) is 0. The molecule has 0 aliphatic rings. The monoisotopic (exact) mass is 291 g/mol. The third-order valence-electron chi connectivity index (χ3n) is 2.59. The van der Waals surface area contributed by atoms with E-state index in [2.05, 4.69) is 15.7 Å². The number of nitrogen functional groups attached to an aromatic ring is 1. The van der Waals surface area contributed by atoms with Crippen molar-refractivity contribution in [3.8, 4) is 0 Å². The van der Waals surface area contributed by atoms with Crippen molar-refractivity contribution in [1.82, 2.24) is 4.98 Å². The van der Waals surface area contributed by atoms with E-state index in [0.717, 1.165) is 12.3 Å². The van der Waals surface area contributed by atoms with Crippen molar-refractivity contribution in [2.24, 2.45) is 5.84 Å². The van der Waals surface area contributed by atoms with Crippen LogP contribution in [0.15, 0.2) is 36.5 Å². The lowest BCUT2D eigenvalue weighted by Crippen LogP contribution is -2.17. The smallest absolute Gasteiger partial charge is 0.306 e. The highest BCUT2D eigenvalue weighted by atomic mass is 19.1. The summed E-state index contributed by atoms with van der Waals surface area (Å²) in [5.74, 6) is 3.94. The Morgan fingerprint density at radius 3 is 2.67 bits per heavy atom. The minimum absolute atomic E-state index is 0.000264. The first-order valence-electron chi connectivity index (χ1n) is 5.70. The molecule has 4 N–H and O–H groups in total. The van der Waals surface area contributed by atoms with E-state index in [4.69, 9.17) is 5.84 Å². The Morgan fingerprint density at radius 1 is 1.33 bits per heavy atom. The second-order valence-corrected chi connectivity index (χ2v) is 3.92. The van der Waals surface area contributed by atoms with E-state index in [1.807, 2.05) is 0 Å². The average Bonchev–Trinajstić information content (AvgIpc) is 2.48. The molecule has 1 amide bonds. The first-order valence-corrected chi connectivity index (χ1v) is 5.70. The SMILES string of the molecule is NNc1cccc(C(=O)Nc2ccc(F)cn2)c1[N+](=O)[O-]. The number of nitrogens with one attached hydrogen (secondary N) is 2. The standard InChI is InChI=1S/C12H10FN5O3/c13-7-4-5-10(15-6-7)16-12(19)8-2-1-3-9(17-14)11(8)18(20)21/h1-6,17H,14H2,(H,15,16,19). The minimum Gasteiger partial charge on any atom is -0.318 e. The predicted octanol–water partition coefficient (Wildman–Crippen LogP) is 1.67. The zero-order valence-electron chi connectivity index (χ0n) is 10.5. The molecule has 1 heterocycles. The van der Waals surface area contributed by atoms with Gasteiger partial charge in [-0.25, -0.2) is 9.37 Å². The fourth-order valence-electron chi connectivity index (χ4n) is 1.67. The zero-order chi connectivity index (χ0) is 15.4. The van der Waals surface area contributed by atoms with E-state index in [9.17, 15) is 19.3 Å². The van der Waals surface area contributed by atoms with Gasteiger partial charge in [0.15, 0.2) is 0 Å². The van der Waals surface area contributed by atoms with Gasteiger partial charge < -0.3 is 10.7 Å². The number of aromatic nitrogens is 1. The maximum Gasteiger partial charge on any atom is 0.306 e. The zero-order valence-corrected chi connectivity index (χ0v) is 10.5. The molecule has 1 aromatic heterocycles. The third kappa shape index (κ3) is 3.09. The van der Waals surface area contributed by atoms with Gasteiger partial charge in [0.25, 0.3) is 5.91 Å².